The van der Waals surface area contributed by atoms with Crippen molar-refractivity contribution in [3.63, 3.8) is 0 Å². The van der Waals surface area contributed by atoms with Crippen LogP contribution in [-0.4, -0.2) is 68.1 Å². The van der Waals surface area contributed by atoms with Crippen LogP contribution < -0.4 is 4.90 Å². The number of methoxy groups -OCH3 is 1. The molecule has 36 heavy (non-hydrogen) atoms. The summed E-state index contributed by atoms with van der Waals surface area (Å²) in [6.07, 6.45) is 0. The molecule has 0 radical (unpaired) electrons. The molecule has 7 heteroatoms. The molecular formula is C29H33N3O3S. The van der Waals surface area contributed by atoms with Crippen LogP contribution in [0.25, 0.3) is 0 Å². The van der Waals surface area contributed by atoms with Gasteiger partial charge in [-0.05, 0) is 54.1 Å². The maximum atomic E-state index is 14.3. The maximum Gasteiger partial charge on any atom is 0.254 e. The van der Waals surface area contributed by atoms with E-state index >= 15 is 0 Å². The minimum atomic E-state index is -0.443. The van der Waals surface area contributed by atoms with Gasteiger partial charge in [0.2, 0.25) is 5.91 Å². The molecule has 188 valence electrons. The molecule has 0 saturated carbocycles. The number of nitrogens with zero attached hydrogens (tertiary/aromatic N) is 3. The number of amides is 2. The SMILES string of the molecule is COCCN1C(=O)c2ccccc2[C@@H](C(=O)N2CCN(c3cc(C)ccc3C)CC2)[C@H]1c1cccs1. The first-order valence-electron chi connectivity index (χ1n) is 12.5. The molecule has 1 fully saturated rings. The van der Waals surface area contributed by atoms with Gasteiger partial charge in [0, 0.05) is 56.0 Å². The smallest absolute Gasteiger partial charge is 0.254 e. The Morgan fingerprint density at radius 3 is 2.53 bits per heavy atom. The molecule has 0 N–H and O–H groups in total. The fraction of sp³-hybridized carbons (Fsp3) is 0.379. The van der Waals surface area contributed by atoms with E-state index in [9.17, 15) is 9.59 Å². The second-order valence-electron chi connectivity index (χ2n) is 9.62. The molecule has 2 amide bonds. The molecule has 2 aromatic carbocycles. The Bertz CT molecular complexity index is 1230. The fourth-order valence-electron chi connectivity index (χ4n) is 5.49. The number of piperazine rings is 1. The molecule has 2 aliphatic rings. The van der Waals surface area contributed by atoms with E-state index in [0.29, 0.717) is 31.8 Å². The normalized spacial score (nSPS) is 20.0. The number of aryl methyl sites for hydroxylation is 2. The average Bonchev–Trinajstić information content (AvgIpc) is 3.44. The zero-order valence-electron chi connectivity index (χ0n) is 21.1. The third-order valence-electron chi connectivity index (χ3n) is 7.37. The van der Waals surface area contributed by atoms with E-state index in [1.54, 1.807) is 18.4 Å². The van der Waals surface area contributed by atoms with Crippen LogP contribution in [-0.2, 0) is 9.53 Å². The number of carbonyl (C=O) groups excluding carboxylic acids is 2. The van der Waals surface area contributed by atoms with Crippen LogP contribution in [0.1, 0.15) is 43.9 Å². The first-order valence-corrected chi connectivity index (χ1v) is 13.4. The van der Waals surface area contributed by atoms with Crippen molar-refractivity contribution in [2.24, 2.45) is 0 Å². The van der Waals surface area contributed by atoms with Gasteiger partial charge in [-0.25, -0.2) is 0 Å². The summed E-state index contributed by atoms with van der Waals surface area (Å²) in [6, 6.07) is 17.8. The van der Waals surface area contributed by atoms with E-state index in [0.717, 1.165) is 23.5 Å². The van der Waals surface area contributed by atoms with Gasteiger partial charge in [-0.3, -0.25) is 9.59 Å². The summed E-state index contributed by atoms with van der Waals surface area (Å²) in [6.45, 7) is 8.03. The number of hydrogen-bond acceptors (Lipinski definition) is 5. The molecule has 1 aromatic heterocycles. The lowest BCUT2D eigenvalue weighted by Gasteiger charge is -2.44. The van der Waals surface area contributed by atoms with E-state index in [4.69, 9.17) is 4.74 Å². The van der Waals surface area contributed by atoms with Crippen molar-refractivity contribution in [1.29, 1.82) is 0 Å². The Kier molecular flexibility index (Phi) is 7.12. The summed E-state index contributed by atoms with van der Waals surface area (Å²) in [5.41, 5.74) is 5.20. The summed E-state index contributed by atoms with van der Waals surface area (Å²) in [5, 5.41) is 2.01. The predicted molar refractivity (Wildman–Crippen MR) is 144 cm³/mol. The van der Waals surface area contributed by atoms with Crippen LogP contribution in [0, 0.1) is 13.8 Å². The minimum Gasteiger partial charge on any atom is -0.383 e. The van der Waals surface area contributed by atoms with Gasteiger partial charge in [0.25, 0.3) is 5.91 Å². The monoisotopic (exact) mass is 503 g/mol. The number of ether oxygens (including phenoxy) is 1. The molecule has 2 aliphatic heterocycles. The molecule has 3 heterocycles. The first kappa shape index (κ1) is 24.5. The Morgan fingerprint density at radius 2 is 1.81 bits per heavy atom. The summed E-state index contributed by atoms with van der Waals surface area (Å²) in [5.74, 6) is -0.386. The van der Waals surface area contributed by atoms with Gasteiger partial charge in [0.1, 0.15) is 0 Å². The highest BCUT2D eigenvalue weighted by molar-refractivity contribution is 7.10. The number of anilines is 1. The van der Waals surface area contributed by atoms with Crippen molar-refractivity contribution in [2.75, 3.05) is 51.3 Å². The number of benzene rings is 2. The van der Waals surface area contributed by atoms with Crippen LogP contribution in [0.2, 0.25) is 0 Å². The number of carbonyl (C=O) groups is 2. The molecule has 0 aliphatic carbocycles. The lowest BCUT2D eigenvalue weighted by molar-refractivity contribution is -0.135. The summed E-state index contributed by atoms with van der Waals surface area (Å²) < 4.78 is 5.34. The molecule has 5 rings (SSSR count). The zero-order chi connectivity index (χ0) is 25.2. The van der Waals surface area contributed by atoms with Gasteiger partial charge >= 0.3 is 0 Å². The second-order valence-corrected chi connectivity index (χ2v) is 10.6. The minimum absolute atomic E-state index is 0.0372. The van der Waals surface area contributed by atoms with Crippen LogP contribution in [0.4, 0.5) is 5.69 Å². The molecule has 0 spiro atoms. The van der Waals surface area contributed by atoms with E-state index in [1.165, 1.54) is 16.8 Å². The lowest BCUT2D eigenvalue weighted by atomic mass is 9.81. The molecule has 0 bridgehead atoms. The van der Waals surface area contributed by atoms with Crippen LogP contribution in [0.3, 0.4) is 0 Å². The Labute approximate surface area is 217 Å². The molecule has 2 atom stereocenters. The van der Waals surface area contributed by atoms with Crippen molar-refractivity contribution >= 4 is 28.8 Å². The quantitative estimate of drug-likeness (QED) is 0.492. The number of hydrogen-bond donors (Lipinski definition) is 0. The summed E-state index contributed by atoms with van der Waals surface area (Å²) >= 11 is 1.60. The number of thiophene rings is 1. The second kappa shape index (κ2) is 10.4. The van der Waals surface area contributed by atoms with Gasteiger partial charge in [-0.2, -0.15) is 0 Å². The van der Waals surface area contributed by atoms with Gasteiger partial charge in [-0.1, -0.05) is 36.4 Å². The van der Waals surface area contributed by atoms with Gasteiger partial charge in [0.05, 0.1) is 18.6 Å². The third-order valence-corrected chi connectivity index (χ3v) is 8.32. The van der Waals surface area contributed by atoms with Crippen LogP contribution in [0.15, 0.2) is 60.0 Å². The highest BCUT2D eigenvalue weighted by atomic mass is 32.1. The summed E-state index contributed by atoms with van der Waals surface area (Å²) in [4.78, 5) is 35.1. The summed E-state index contributed by atoms with van der Waals surface area (Å²) in [7, 11) is 1.64. The standard InChI is InChI=1S/C29H33N3O3S/c1-20-10-11-21(2)24(19-20)30-12-14-31(15-13-30)29(34)26-22-7-4-5-8-23(22)28(33)32(16-17-35-3)27(26)25-9-6-18-36-25/h4-11,18-19,26-27H,12-17H2,1-3H3/t26-,27-/m1/s1. The third kappa shape index (κ3) is 4.53. The molecule has 0 unspecified atom stereocenters. The number of fused-ring (bicyclic) bond motifs is 1. The van der Waals surface area contributed by atoms with Crippen molar-refractivity contribution < 1.29 is 14.3 Å². The van der Waals surface area contributed by atoms with Gasteiger partial charge in [0.15, 0.2) is 0 Å². The molecule has 1 saturated heterocycles. The molecule has 6 nitrogen and oxygen atoms in total. The van der Waals surface area contributed by atoms with E-state index in [1.807, 2.05) is 51.6 Å². The van der Waals surface area contributed by atoms with Crippen molar-refractivity contribution in [2.45, 2.75) is 25.8 Å². The Hall–Kier alpha value is -3.16. The highest BCUT2D eigenvalue weighted by Gasteiger charge is 2.46. The molecular weight excluding hydrogens is 470 g/mol. The average molecular weight is 504 g/mol. The zero-order valence-corrected chi connectivity index (χ0v) is 22.0. The number of rotatable bonds is 6. The maximum absolute atomic E-state index is 14.3. The predicted octanol–water partition coefficient (Wildman–Crippen LogP) is 4.64. The molecule has 3 aromatic rings. The fourth-order valence-corrected chi connectivity index (χ4v) is 6.37. The topological polar surface area (TPSA) is 53.1 Å². The van der Waals surface area contributed by atoms with E-state index in [-0.39, 0.29) is 17.9 Å². The van der Waals surface area contributed by atoms with Crippen LogP contribution in [0.5, 0.6) is 0 Å². The van der Waals surface area contributed by atoms with Crippen molar-refractivity contribution in [3.05, 3.63) is 87.1 Å². The van der Waals surface area contributed by atoms with Gasteiger partial charge in [-0.15, -0.1) is 11.3 Å². The van der Waals surface area contributed by atoms with E-state index in [2.05, 4.69) is 36.9 Å². The Morgan fingerprint density at radius 1 is 1.03 bits per heavy atom. The first-order chi connectivity index (χ1) is 17.5. The van der Waals surface area contributed by atoms with Crippen molar-refractivity contribution in [3.8, 4) is 0 Å². The van der Waals surface area contributed by atoms with Gasteiger partial charge < -0.3 is 19.4 Å². The van der Waals surface area contributed by atoms with Crippen LogP contribution >= 0.6 is 11.3 Å². The lowest BCUT2D eigenvalue weighted by Crippen LogP contribution is -2.53. The van der Waals surface area contributed by atoms with Crippen molar-refractivity contribution in [1.82, 2.24) is 9.80 Å². The Balaban J connectivity index is 1.46. The van der Waals surface area contributed by atoms with E-state index < -0.39 is 5.92 Å². The highest BCUT2D eigenvalue weighted by Crippen LogP contribution is 2.45. The largest absolute Gasteiger partial charge is 0.383 e.